The molecule has 6 heteroatoms. The molecule has 1 N–H and O–H groups in total. The van der Waals surface area contributed by atoms with E-state index in [9.17, 15) is 19.5 Å². The normalized spacial score (nSPS) is 18.5. The van der Waals surface area contributed by atoms with E-state index in [1.165, 1.54) is 15.5 Å². The highest BCUT2D eigenvalue weighted by molar-refractivity contribution is 5.96. The van der Waals surface area contributed by atoms with Crippen LogP contribution in [-0.2, 0) is 11.8 Å². The van der Waals surface area contributed by atoms with E-state index in [4.69, 9.17) is 0 Å². The number of pyridine rings is 1. The van der Waals surface area contributed by atoms with Crippen LogP contribution < -0.4 is 5.56 Å². The summed E-state index contributed by atoms with van der Waals surface area (Å²) in [4.78, 5) is 37.7. The summed E-state index contributed by atoms with van der Waals surface area (Å²) in [5.41, 5.74) is 0.515. The molecule has 1 atom stereocenters. The summed E-state index contributed by atoms with van der Waals surface area (Å²) >= 11 is 0. The summed E-state index contributed by atoms with van der Waals surface area (Å²) in [5.74, 6) is -1.32. The van der Waals surface area contributed by atoms with Crippen LogP contribution >= 0.6 is 0 Å². The molecule has 1 aliphatic rings. The molecule has 2 heterocycles. The minimum absolute atomic E-state index is 0.0417. The first-order chi connectivity index (χ1) is 10.3. The number of piperidine rings is 1. The highest BCUT2D eigenvalue weighted by Crippen LogP contribution is 2.20. The molecule has 1 aromatic heterocycles. The second kappa shape index (κ2) is 6.34. The van der Waals surface area contributed by atoms with Crippen molar-refractivity contribution in [3.8, 4) is 0 Å². The molecule has 1 aliphatic heterocycles. The number of carboxylic acid groups (broad SMARTS) is 1. The Morgan fingerprint density at radius 3 is 2.55 bits per heavy atom. The lowest BCUT2D eigenvalue weighted by molar-refractivity contribution is -0.143. The highest BCUT2D eigenvalue weighted by Gasteiger charge is 2.33. The standard InChI is InChI=1S/C16H22N2O4/c1-10(2)12-8-7-11(14(19)17(12)3)15(20)18-9-5-4-6-13(18)16(21)22/h7-8,10,13H,4-6,9H2,1-3H3,(H,21,22). The van der Waals surface area contributed by atoms with Crippen LogP contribution in [0.1, 0.15) is 55.1 Å². The van der Waals surface area contributed by atoms with E-state index in [2.05, 4.69) is 0 Å². The van der Waals surface area contributed by atoms with Crippen molar-refractivity contribution < 1.29 is 14.7 Å². The Morgan fingerprint density at radius 1 is 1.27 bits per heavy atom. The number of hydrogen-bond acceptors (Lipinski definition) is 3. The zero-order chi connectivity index (χ0) is 16.4. The van der Waals surface area contributed by atoms with Gasteiger partial charge in [-0.3, -0.25) is 9.59 Å². The van der Waals surface area contributed by atoms with E-state index in [1.54, 1.807) is 13.1 Å². The molecule has 0 aliphatic carbocycles. The number of carboxylic acids is 1. The van der Waals surface area contributed by atoms with Gasteiger partial charge in [0, 0.05) is 19.3 Å². The van der Waals surface area contributed by atoms with Crippen LogP contribution in [0.15, 0.2) is 16.9 Å². The molecule has 0 radical (unpaired) electrons. The van der Waals surface area contributed by atoms with Crippen molar-refractivity contribution in [2.75, 3.05) is 6.54 Å². The summed E-state index contributed by atoms with van der Waals surface area (Å²) in [6, 6.07) is 2.45. The van der Waals surface area contributed by atoms with Crippen molar-refractivity contribution in [3.05, 3.63) is 33.7 Å². The number of amides is 1. The van der Waals surface area contributed by atoms with Gasteiger partial charge < -0.3 is 14.6 Å². The van der Waals surface area contributed by atoms with Crippen LogP contribution in [0.5, 0.6) is 0 Å². The summed E-state index contributed by atoms with van der Waals surface area (Å²) < 4.78 is 1.47. The Morgan fingerprint density at radius 2 is 1.95 bits per heavy atom. The molecular weight excluding hydrogens is 284 g/mol. The van der Waals surface area contributed by atoms with Gasteiger partial charge in [0.25, 0.3) is 11.5 Å². The van der Waals surface area contributed by atoms with Crippen molar-refractivity contribution in [2.45, 2.75) is 45.1 Å². The molecule has 22 heavy (non-hydrogen) atoms. The van der Waals surface area contributed by atoms with Gasteiger partial charge in [-0.2, -0.15) is 0 Å². The number of rotatable bonds is 3. The molecule has 2 rings (SSSR count). The first kappa shape index (κ1) is 16.3. The smallest absolute Gasteiger partial charge is 0.326 e. The molecule has 120 valence electrons. The SMILES string of the molecule is CC(C)c1ccc(C(=O)N2CCCCC2C(=O)O)c(=O)n1C. The van der Waals surface area contributed by atoms with Gasteiger partial charge in [-0.1, -0.05) is 13.8 Å². The third kappa shape index (κ3) is 2.91. The molecule has 1 unspecified atom stereocenters. The Hall–Kier alpha value is -2.11. The van der Waals surface area contributed by atoms with Crippen molar-refractivity contribution in [2.24, 2.45) is 7.05 Å². The van der Waals surface area contributed by atoms with Crippen molar-refractivity contribution in [1.82, 2.24) is 9.47 Å². The predicted molar refractivity (Wildman–Crippen MR) is 82.1 cm³/mol. The van der Waals surface area contributed by atoms with Crippen molar-refractivity contribution >= 4 is 11.9 Å². The Labute approximate surface area is 129 Å². The van der Waals surface area contributed by atoms with Gasteiger partial charge >= 0.3 is 5.97 Å². The lowest BCUT2D eigenvalue weighted by atomic mass is 10.0. The minimum Gasteiger partial charge on any atom is -0.480 e. The van der Waals surface area contributed by atoms with E-state index >= 15 is 0 Å². The lowest BCUT2D eigenvalue weighted by Gasteiger charge is -2.32. The van der Waals surface area contributed by atoms with Gasteiger partial charge in [-0.25, -0.2) is 4.79 Å². The number of carbonyl (C=O) groups excluding carboxylic acids is 1. The van der Waals surface area contributed by atoms with Gasteiger partial charge in [0.1, 0.15) is 11.6 Å². The fourth-order valence-electron chi connectivity index (χ4n) is 2.98. The van der Waals surface area contributed by atoms with Crippen molar-refractivity contribution in [1.29, 1.82) is 0 Å². The van der Waals surface area contributed by atoms with Crippen LogP contribution in [0, 0.1) is 0 Å². The zero-order valence-electron chi connectivity index (χ0n) is 13.2. The van der Waals surface area contributed by atoms with Crippen LogP contribution in [-0.4, -0.2) is 39.0 Å². The Bertz CT molecular complexity index is 648. The fourth-order valence-corrected chi connectivity index (χ4v) is 2.98. The number of hydrogen-bond donors (Lipinski definition) is 1. The summed E-state index contributed by atoms with van der Waals surface area (Å²) in [7, 11) is 1.64. The van der Waals surface area contributed by atoms with E-state index < -0.39 is 17.9 Å². The quantitative estimate of drug-likeness (QED) is 0.919. The first-order valence-corrected chi connectivity index (χ1v) is 7.58. The van der Waals surface area contributed by atoms with Crippen LogP contribution in [0.3, 0.4) is 0 Å². The fraction of sp³-hybridized carbons (Fsp3) is 0.562. The van der Waals surface area contributed by atoms with Gasteiger partial charge in [0.15, 0.2) is 0 Å². The van der Waals surface area contributed by atoms with Crippen LogP contribution in [0.25, 0.3) is 0 Å². The molecule has 0 saturated carbocycles. The van der Waals surface area contributed by atoms with Gasteiger partial charge in [-0.15, -0.1) is 0 Å². The molecule has 1 saturated heterocycles. The maximum Gasteiger partial charge on any atom is 0.326 e. The maximum atomic E-state index is 12.6. The molecule has 1 amide bonds. The largest absolute Gasteiger partial charge is 0.480 e. The first-order valence-electron chi connectivity index (χ1n) is 7.58. The number of nitrogens with zero attached hydrogens (tertiary/aromatic N) is 2. The average Bonchev–Trinajstić information content (AvgIpc) is 2.48. The predicted octanol–water partition coefficient (Wildman–Crippen LogP) is 1.59. The molecule has 0 bridgehead atoms. The van der Waals surface area contributed by atoms with Gasteiger partial charge in [0.2, 0.25) is 0 Å². The second-order valence-electron chi connectivity index (χ2n) is 6.04. The van der Waals surface area contributed by atoms with Crippen LogP contribution in [0.2, 0.25) is 0 Å². The van der Waals surface area contributed by atoms with Crippen molar-refractivity contribution in [3.63, 3.8) is 0 Å². The zero-order valence-corrected chi connectivity index (χ0v) is 13.2. The maximum absolute atomic E-state index is 12.6. The second-order valence-corrected chi connectivity index (χ2v) is 6.04. The van der Waals surface area contributed by atoms with Gasteiger partial charge in [-0.05, 0) is 37.3 Å². The molecule has 0 aromatic carbocycles. The average molecular weight is 306 g/mol. The number of carbonyl (C=O) groups is 2. The van der Waals surface area contributed by atoms with E-state index in [0.717, 1.165) is 18.5 Å². The Kier molecular flexibility index (Phi) is 4.68. The van der Waals surface area contributed by atoms with Gasteiger partial charge in [0.05, 0.1) is 0 Å². The third-order valence-electron chi connectivity index (χ3n) is 4.21. The lowest BCUT2D eigenvalue weighted by Crippen LogP contribution is -2.49. The topological polar surface area (TPSA) is 79.6 Å². The third-order valence-corrected chi connectivity index (χ3v) is 4.21. The molecule has 1 aromatic rings. The Balaban J connectivity index is 2.39. The van der Waals surface area contributed by atoms with E-state index in [-0.39, 0.29) is 17.0 Å². The molecule has 0 spiro atoms. The number of likely N-dealkylation sites (tertiary alicyclic amines) is 1. The summed E-state index contributed by atoms with van der Waals surface area (Å²) in [6.45, 7) is 4.33. The highest BCUT2D eigenvalue weighted by atomic mass is 16.4. The molecule has 6 nitrogen and oxygen atoms in total. The van der Waals surface area contributed by atoms with E-state index in [0.29, 0.717) is 13.0 Å². The summed E-state index contributed by atoms with van der Waals surface area (Å²) in [6.07, 6.45) is 1.98. The molecule has 1 fully saturated rings. The summed E-state index contributed by atoms with van der Waals surface area (Å²) in [5, 5.41) is 9.27. The monoisotopic (exact) mass is 306 g/mol. The molecular formula is C16H22N2O4. The number of aromatic nitrogens is 1. The number of aliphatic carboxylic acids is 1. The van der Waals surface area contributed by atoms with E-state index in [1.807, 2.05) is 13.8 Å². The van der Waals surface area contributed by atoms with Crippen LogP contribution in [0.4, 0.5) is 0 Å². The minimum atomic E-state index is -1.01.